The second-order valence-electron chi connectivity index (χ2n) is 10.3. The van der Waals surface area contributed by atoms with Gasteiger partial charge < -0.3 is 10.2 Å². The van der Waals surface area contributed by atoms with Gasteiger partial charge in [0.15, 0.2) is 0 Å². The molecule has 1 aliphatic rings. The summed E-state index contributed by atoms with van der Waals surface area (Å²) in [6.45, 7) is 5.94. The fourth-order valence-corrected chi connectivity index (χ4v) is 6.16. The Balaban J connectivity index is 1.75. The molecule has 0 bridgehead atoms. The molecular weight excluding hydrogens is 522 g/mol. The van der Waals surface area contributed by atoms with Crippen LogP contribution in [0, 0.1) is 13.8 Å². The Kier molecular flexibility index (Phi) is 10.6. The van der Waals surface area contributed by atoms with E-state index in [1.54, 1.807) is 24.0 Å². The van der Waals surface area contributed by atoms with Gasteiger partial charge in [-0.3, -0.25) is 13.9 Å². The summed E-state index contributed by atoms with van der Waals surface area (Å²) in [4.78, 5) is 28.3. The van der Waals surface area contributed by atoms with Crippen LogP contribution in [0.15, 0.2) is 42.5 Å². The highest BCUT2D eigenvalue weighted by molar-refractivity contribution is 7.92. The Bertz CT molecular complexity index is 1230. The fourth-order valence-electron chi connectivity index (χ4n) is 4.95. The first-order valence-corrected chi connectivity index (χ1v) is 15.6. The molecule has 0 heterocycles. The van der Waals surface area contributed by atoms with Crippen LogP contribution in [0.5, 0.6) is 0 Å². The minimum atomic E-state index is -3.55. The topological polar surface area (TPSA) is 86.8 Å². The Morgan fingerprint density at radius 3 is 2.39 bits per heavy atom. The number of nitrogens with zero attached hydrogens (tertiary/aromatic N) is 2. The third-order valence-electron chi connectivity index (χ3n) is 7.41. The van der Waals surface area contributed by atoms with Gasteiger partial charge in [0.1, 0.15) is 6.04 Å². The minimum Gasteiger partial charge on any atom is -0.352 e. The molecule has 1 N–H and O–H groups in total. The van der Waals surface area contributed by atoms with E-state index in [1.807, 2.05) is 44.2 Å². The summed E-state index contributed by atoms with van der Waals surface area (Å²) >= 11 is 6.39. The van der Waals surface area contributed by atoms with Crippen LogP contribution < -0.4 is 9.62 Å². The van der Waals surface area contributed by atoms with Crippen LogP contribution in [0.1, 0.15) is 68.6 Å². The number of hydrogen-bond acceptors (Lipinski definition) is 4. The van der Waals surface area contributed by atoms with E-state index < -0.39 is 16.1 Å². The average Bonchev–Trinajstić information content (AvgIpc) is 2.87. The number of amides is 2. The molecule has 2 aromatic carbocycles. The highest BCUT2D eigenvalue weighted by Gasteiger charge is 2.29. The quantitative estimate of drug-likeness (QED) is 0.399. The monoisotopic (exact) mass is 561 g/mol. The highest BCUT2D eigenvalue weighted by atomic mass is 35.5. The summed E-state index contributed by atoms with van der Waals surface area (Å²) in [6.07, 6.45) is 6.88. The maximum atomic E-state index is 13.5. The first-order chi connectivity index (χ1) is 18.0. The molecule has 1 atom stereocenters. The second kappa shape index (κ2) is 13.5. The van der Waals surface area contributed by atoms with Gasteiger partial charge in [0, 0.05) is 30.6 Å². The SMILES string of the molecule is Cc1cccc(N(CCCC(=O)N(Cc2ccccc2Cl)[C@@H](C)C(=O)NC2CCCCC2)S(C)(=O)=O)c1C. The standard InChI is InChI=1S/C29H40ClN3O4S/c1-21-12-10-17-27(22(21)2)33(38(4,36)37)19-11-18-28(34)32(20-24-13-8-9-16-26(24)30)23(3)29(35)31-25-14-6-5-7-15-25/h8-10,12-13,16-17,23,25H,5-7,11,14-15,18-20H2,1-4H3,(H,31,35)/t23-/m0/s1. The molecule has 2 aromatic rings. The lowest BCUT2D eigenvalue weighted by molar-refractivity contribution is -0.141. The van der Waals surface area contributed by atoms with E-state index >= 15 is 0 Å². The maximum Gasteiger partial charge on any atom is 0.242 e. The normalized spacial score (nSPS) is 15.1. The fraction of sp³-hybridized carbons (Fsp3) is 0.517. The zero-order chi connectivity index (χ0) is 27.9. The molecule has 1 aliphatic carbocycles. The second-order valence-corrected chi connectivity index (χ2v) is 12.6. The van der Waals surface area contributed by atoms with Crippen molar-refractivity contribution in [2.24, 2.45) is 0 Å². The first-order valence-electron chi connectivity index (χ1n) is 13.4. The summed E-state index contributed by atoms with van der Waals surface area (Å²) in [7, 11) is -3.55. The maximum absolute atomic E-state index is 13.5. The number of rotatable bonds is 11. The van der Waals surface area contributed by atoms with Gasteiger partial charge in [-0.1, -0.05) is 61.2 Å². The van der Waals surface area contributed by atoms with Crippen molar-refractivity contribution in [2.45, 2.75) is 84.3 Å². The van der Waals surface area contributed by atoms with Gasteiger partial charge in [-0.2, -0.15) is 0 Å². The molecule has 0 spiro atoms. The number of halogens is 1. The van der Waals surface area contributed by atoms with Crippen molar-refractivity contribution in [3.8, 4) is 0 Å². The van der Waals surface area contributed by atoms with Crippen molar-refractivity contribution in [1.29, 1.82) is 0 Å². The number of carbonyl (C=O) groups excluding carboxylic acids is 2. The highest BCUT2D eigenvalue weighted by Crippen LogP contribution is 2.26. The molecule has 7 nitrogen and oxygen atoms in total. The van der Waals surface area contributed by atoms with Gasteiger partial charge in [0.2, 0.25) is 21.8 Å². The van der Waals surface area contributed by atoms with Crippen LogP contribution in [0.3, 0.4) is 0 Å². The van der Waals surface area contributed by atoms with Crippen molar-refractivity contribution in [3.05, 3.63) is 64.2 Å². The summed E-state index contributed by atoms with van der Waals surface area (Å²) < 4.78 is 26.6. The van der Waals surface area contributed by atoms with Crippen molar-refractivity contribution in [2.75, 3.05) is 17.1 Å². The van der Waals surface area contributed by atoms with Crippen LogP contribution >= 0.6 is 11.6 Å². The molecule has 0 aliphatic heterocycles. The predicted molar refractivity (Wildman–Crippen MR) is 154 cm³/mol. The number of carbonyl (C=O) groups is 2. The zero-order valence-corrected chi connectivity index (χ0v) is 24.4. The molecule has 2 amide bonds. The van der Waals surface area contributed by atoms with Crippen LogP contribution in [0.2, 0.25) is 5.02 Å². The van der Waals surface area contributed by atoms with E-state index in [1.165, 1.54) is 17.0 Å². The predicted octanol–water partition coefficient (Wildman–Crippen LogP) is 5.37. The summed E-state index contributed by atoms with van der Waals surface area (Å²) in [5.41, 5.74) is 3.26. The summed E-state index contributed by atoms with van der Waals surface area (Å²) in [6, 6.07) is 12.3. The molecular formula is C29H40ClN3O4S. The molecule has 0 saturated heterocycles. The Morgan fingerprint density at radius 2 is 1.74 bits per heavy atom. The van der Waals surface area contributed by atoms with Gasteiger partial charge in [-0.05, 0) is 68.9 Å². The largest absolute Gasteiger partial charge is 0.352 e. The summed E-state index contributed by atoms with van der Waals surface area (Å²) in [5.74, 6) is -0.393. The van der Waals surface area contributed by atoms with E-state index in [2.05, 4.69) is 5.32 Å². The van der Waals surface area contributed by atoms with E-state index in [0.717, 1.165) is 42.4 Å². The number of nitrogens with one attached hydrogen (secondary N) is 1. The number of aryl methyl sites for hydroxylation is 1. The average molecular weight is 562 g/mol. The Hall–Kier alpha value is -2.58. The van der Waals surface area contributed by atoms with Gasteiger partial charge in [0.05, 0.1) is 11.9 Å². The Morgan fingerprint density at radius 1 is 1.05 bits per heavy atom. The smallest absolute Gasteiger partial charge is 0.242 e. The number of anilines is 1. The molecule has 3 rings (SSSR count). The van der Waals surface area contributed by atoms with Crippen LogP contribution in [0.4, 0.5) is 5.69 Å². The van der Waals surface area contributed by atoms with Crippen LogP contribution in [-0.4, -0.2) is 50.0 Å². The van der Waals surface area contributed by atoms with Crippen molar-refractivity contribution in [1.82, 2.24) is 10.2 Å². The molecule has 208 valence electrons. The summed E-state index contributed by atoms with van der Waals surface area (Å²) in [5, 5.41) is 3.66. The lowest BCUT2D eigenvalue weighted by atomic mass is 9.95. The van der Waals surface area contributed by atoms with Crippen molar-refractivity contribution >= 4 is 39.1 Å². The van der Waals surface area contributed by atoms with Gasteiger partial charge >= 0.3 is 0 Å². The Labute approximate surface area is 232 Å². The van der Waals surface area contributed by atoms with Crippen molar-refractivity contribution < 1.29 is 18.0 Å². The number of sulfonamides is 1. The third kappa shape index (κ3) is 7.96. The molecule has 38 heavy (non-hydrogen) atoms. The zero-order valence-electron chi connectivity index (χ0n) is 22.9. The minimum absolute atomic E-state index is 0.0996. The van der Waals surface area contributed by atoms with Gasteiger partial charge in [0.25, 0.3) is 0 Å². The molecule has 0 unspecified atom stereocenters. The molecule has 0 radical (unpaired) electrons. The van der Waals surface area contributed by atoms with Crippen LogP contribution in [-0.2, 0) is 26.2 Å². The molecule has 9 heteroatoms. The molecule has 1 fully saturated rings. The van der Waals surface area contributed by atoms with Crippen LogP contribution in [0.25, 0.3) is 0 Å². The van der Waals surface area contributed by atoms with Crippen molar-refractivity contribution in [3.63, 3.8) is 0 Å². The third-order valence-corrected chi connectivity index (χ3v) is 8.96. The van der Waals surface area contributed by atoms with E-state index in [9.17, 15) is 18.0 Å². The lowest BCUT2D eigenvalue weighted by Crippen LogP contribution is -2.50. The lowest BCUT2D eigenvalue weighted by Gasteiger charge is -2.32. The van der Waals surface area contributed by atoms with E-state index in [0.29, 0.717) is 17.1 Å². The van der Waals surface area contributed by atoms with Gasteiger partial charge in [-0.25, -0.2) is 8.42 Å². The molecule has 1 saturated carbocycles. The van der Waals surface area contributed by atoms with E-state index in [4.69, 9.17) is 11.6 Å². The van der Waals surface area contributed by atoms with Gasteiger partial charge in [-0.15, -0.1) is 0 Å². The number of benzene rings is 2. The molecule has 0 aromatic heterocycles. The van der Waals surface area contributed by atoms with E-state index in [-0.39, 0.29) is 37.4 Å². The first kappa shape index (κ1) is 30.0. The number of hydrogen-bond donors (Lipinski definition) is 1.